The maximum absolute atomic E-state index is 12.9. The molecule has 1 aromatic heterocycles. The molecule has 0 saturated carbocycles. The second-order valence-electron chi connectivity index (χ2n) is 6.47. The summed E-state index contributed by atoms with van der Waals surface area (Å²) >= 11 is 1.58. The van der Waals surface area contributed by atoms with Gasteiger partial charge in [-0.15, -0.1) is 11.3 Å². The number of carbonyl (C=O) groups is 2. The molecule has 4 nitrogen and oxygen atoms in total. The van der Waals surface area contributed by atoms with Crippen LogP contribution in [-0.2, 0) is 22.6 Å². The van der Waals surface area contributed by atoms with Crippen molar-refractivity contribution in [2.75, 3.05) is 13.6 Å². The number of likely N-dealkylation sites (tertiary alicyclic amines) is 1. The molecule has 2 amide bonds. The van der Waals surface area contributed by atoms with Crippen molar-refractivity contribution in [2.45, 2.75) is 31.8 Å². The molecule has 1 atom stereocenters. The highest BCUT2D eigenvalue weighted by atomic mass is 32.1. The van der Waals surface area contributed by atoms with E-state index < -0.39 is 5.54 Å². The lowest BCUT2D eigenvalue weighted by atomic mass is 9.84. The summed E-state index contributed by atoms with van der Waals surface area (Å²) in [6.45, 7) is 3.10. The van der Waals surface area contributed by atoms with Crippen LogP contribution in [0.1, 0.15) is 23.8 Å². The predicted molar refractivity (Wildman–Crippen MR) is 95.7 cm³/mol. The fourth-order valence-corrected chi connectivity index (χ4v) is 3.88. The Morgan fingerprint density at radius 3 is 2.54 bits per heavy atom. The van der Waals surface area contributed by atoms with Crippen LogP contribution in [0.5, 0.6) is 0 Å². The van der Waals surface area contributed by atoms with E-state index in [2.05, 4.69) is 0 Å². The summed E-state index contributed by atoms with van der Waals surface area (Å²) in [7, 11) is 1.81. The summed E-state index contributed by atoms with van der Waals surface area (Å²) in [4.78, 5) is 30.0. The molecule has 5 heteroatoms. The van der Waals surface area contributed by atoms with E-state index in [0.29, 0.717) is 19.5 Å². The van der Waals surface area contributed by atoms with Crippen molar-refractivity contribution in [1.29, 1.82) is 0 Å². The van der Waals surface area contributed by atoms with Crippen molar-refractivity contribution in [2.24, 2.45) is 0 Å². The van der Waals surface area contributed by atoms with Gasteiger partial charge in [0.25, 0.3) is 0 Å². The molecule has 1 aromatic carbocycles. The molecule has 0 bridgehead atoms. The van der Waals surface area contributed by atoms with Gasteiger partial charge >= 0.3 is 0 Å². The third-order valence-electron chi connectivity index (χ3n) is 4.69. The summed E-state index contributed by atoms with van der Waals surface area (Å²) < 4.78 is 0. The number of nitrogens with zero attached hydrogens (tertiary/aromatic N) is 2. The Morgan fingerprint density at radius 1 is 1.21 bits per heavy atom. The van der Waals surface area contributed by atoms with Crippen molar-refractivity contribution < 1.29 is 9.59 Å². The van der Waals surface area contributed by atoms with Crippen molar-refractivity contribution >= 4 is 23.2 Å². The zero-order chi connectivity index (χ0) is 17.2. The predicted octanol–water partition coefficient (Wildman–Crippen LogP) is 2.94. The zero-order valence-corrected chi connectivity index (χ0v) is 14.9. The number of thiophene rings is 1. The van der Waals surface area contributed by atoms with E-state index in [4.69, 9.17) is 0 Å². The molecule has 3 rings (SSSR count). The van der Waals surface area contributed by atoms with Gasteiger partial charge in [-0.3, -0.25) is 9.59 Å². The van der Waals surface area contributed by atoms with Crippen LogP contribution in [0, 0.1) is 0 Å². The van der Waals surface area contributed by atoms with Gasteiger partial charge in [0.15, 0.2) is 0 Å². The Morgan fingerprint density at radius 2 is 1.96 bits per heavy atom. The van der Waals surface area contributed by atoms with Crippen LogP contribution in [0.15, 0.2) is 47.8 Å². The van der Waals surface area contributed by atoms with Gasteiger partial charge in [-0.25, -0.2) is 0 Å². The second-order valence-corrected chi connectivity index (χ2v) is 7.50. The van der Waals surface area contributed by atoms with Crippen LogP contribution in [0.4, 0.5) is 0 Å². The fourth-order valence-electron chi connectivity index (χ4n) is 3.18. The molecule has 0 radical (unpaired) electrons. The number of rotatable bonds is 5. The van der Waals surface area contributed by atoms with Gasteiger partial charge in [-0.1, -0.05) is 36.4 Å². The molecular formula is C19H22N2O2S. The SMILES string of the molecule is CN(Cc1ccccc1)C(=O)C1(C)CCN1C(=O)Cc1cccs1. The summed E-state index contributed by atoms with van der Waals surface area (Å²) in [6.07, 6.45) is 1.10. The van der Waals surface area contributed by atoms with Crippen molar-refractivity contribution in [3.8, 4) is 0 Å². The van der Waals surface area contributed by atoms with Crippen LogP contribution in [0.2, 0.25) is 0 Å². The standard InChI is InChI=1S/C19H22N2O2S/c1-19(18(23)20(2)14-15-7-4-3-5-8-15)10-11-21(19)17(22)13-16-9-6-12-24-16/h3-9,12H,10-11,13-14H2,1-2H3. The monoisotopic (exact) mass is 342 g/mol. The highest BCUT2D eigenvalue weighted by Gasteiger charge is 2.50. The van der Waals surface area contributed by atoms with Crippen LogP contribution >= 0.6 is 11.3 Å². The normalized spacial score (nSPS) is 19.7. The first-order chi connectivity index (χ1) is 11.5. The number of hydrogen-bond donors (Lipinski definition) is 0. The number of carbonyl (C=O) groups excluding carboxylic acids is 2. The Labute approximate surface area is 146 Å². The minimum Gasteiger partial charge on any atom is -0.339 e. The molecule has 0 N–H and O–H groups in total. The van der Waals surface area contributed by atoms with Gasteiger partial charge in [0.05, 0.1) is 6.42 Å². The largest absolute Gasteiger partial charge is 0.339 e. The topological polar surface area (TPSA) is 40.6 Å². The number of likely N-dealkylation sites (N-methyl/N-ethyl adjacent to an activating group) is 1. The van der Waals surface area contributed by atoms with Gasteiger partial charge < -0.3 is 9.80 Å². The fraction of sp³-hybridized carbons (Fsp3) is 0.368. The van der Waals surface area contributed by atoms with Gasteiger partial charge in [0.2, 0.25) is 11.8 Å². The lowest BCUT2D eigenvalue weighted by molar-refractivity contribution is -0.163. The summed E-state index contributed by atoms with van der Waals surface area (Å²) in [6, 6.07) is 13.8. The van der Waals surface area contributed by atoms with Crippen molar-refractivity contribution in [3.63, 3.8) is 0 Å². The Bertz CT molecular complexity index is 714. The molecule has 24 heavy (non-hydrogen) atoms. The van der Waals surface area contributed by atoms with E-state index in [0.717, 1.165) is 16.9 Å². The van der Waals surface area contributed by atoms with Crippen LogP contribution < -0.4 is 0 Å². The zero-order valence-electron chi connectivity index (χ0n) is 14.1. The van der Waals surface area contributed by atoms with Crippen molar-refractivity contribution in [3.05, 3.63) is 58.3 Å². The Kier molecular flexibility index (Phi) is 4.71. The summed E-state index contributed by atoms with van der Waals surface area (Å²) in [5, 5.41) is 1.97. The molecule has 2 aromatic rings. The summed E-state index contributed by atoms with van der Waals surface area (Å²) in [5.74, 6) is 0.0461. The van der Waals surface area contributed by atoms with Gasteiger partial charge in [-0.05, 0) is 30.4 Å². The third kappa shape index (κ3) is 3.22. The third-order valence-corrected chi connectivity index (χ3v) is 5.57. The first-order valence-electron chi connectivity index (χ1n) is 8.13. The maximum Gasteiger partial charge on any atom is 0.248 e. The number of benzene rings is 1. The van der Waals surface area contributed by atoms with E-state index in [-0.39, 0.29) is 11.8 Å². The van der Waals surface area contributed by atoms with Crippen LogP contribution in [-0.4, -0.2) is 40.7 Å². The van der Waals surface area contributed by atoms with E-state index in [1.807, 2.05) is 54.8 Å². The average Bonchev–Trinajstić information content (AvgIpc) is 3.06. The molecule has 1 saturated heterocycles. The molecule has 126 valence electrons. The lowest BCUT2D eigenvalue weighted by Crippen LogP contribution is -2.67. The Balaban J connectivity index is 1.65. The maximum atomic E-state index is 12.9. The molecule has 0 spiro atoms. The number of hydrogen-bond acceptors (Lipinski definition) is 3. The summed E-state index contributed by atoms with van der Waals surface area (Å²) in [5.41, 5.74) is 0.380. The van der Waals surface area contributed by atoms with E-state index >= 15 is 0 Å². The highest BCUT2D eigenvalue weighted by molar-refractivity contribution is 7.10. The smallest absolute Gasteiger partial charge is 0.248 e. The quantitative estimate of drug-likeness (QED) is 0.838. The molecule has 1 aliphatic heterocycles. The average molecular weight is 342 g/mol. The van der Waals surface area contributed by atoms with Crippen LogP contribution in [0.25, 0.3) is 0 Å². The molecule has 0 aliphatic carbocycles. The van der Waals surface area contributed by atoms with Gasteiger partial charge in [-0.2, -0.15) is 0 Å². The number of amides is 2. The van der Waals surface area contributed by atoms with Crippen LogP contribution in [0.3, 0.4) is 0 Å². The molecule has 1 fully saturated rings. The van der Waals surface area contributed by atoms with Gasteiger partial charge in [0, 0.05) is 25.0 Å². The van der Waals surface area contributed by atoms with Crippen molar-refractivity contribution in [1.82, 2.24) is 9.80 Å². The van der Waals surface area contributed by atoms with Gasteiger partial charge in [0.1, 0.15) is 5.54 Å². The first kappa shape index (κ1) is 16.7. The van der Waals surface area contributed by atoms with E-state index in [1.165, 1.54) is 0 Å². The molecule has 2 heterocycles. The Hall–Kier alpha value is -2.14. The minimum atomic E-state index is -0.710. The minimum absolute atomic E-state index is 0.0112. The lowest BCUT2D eigenvalue weighted by Gasteiger charge is -2.50. The molecular weight excluding hydrogens is 320 g/mol. The first-order valence-corrected chi connectivity index (χ1v) is 9.01. The molecule has 1 unspecified atom stereocenters. The molecule has 1 aliphatic rings. The highest BCUT2D eigenvalue weighted by Crippen LogP contribution is 2.33. The van der Waals surface area contributed by atoms with E-state index in [9.17, 15) is 9.59 Å². The second kappa shape index (κ2) is 6.77. The van der Waals surface area contributed by atoms with E-state index in [1.54, 1.807) is 28.2 Å².